The molecule has 1 heterocycles. The summed E-state index contributed by atoms with van der Waals surface area (Å²) in [5, 5.41) is 1.72. The third-order valence-electron chi connectivity index (χ3n) is 2.53. The Morgan fingerprint density at radius 2 is 2.11 bits per heavy atom. The van der Waals surface area contributed by atoms with Crippen LogP contribution in [0.2, 0.25) is 0 Å². The van der Waals surface area contributed by atoms with E-state index in [9.17, 15) is 8.42 Å². The van der Waals surface area contributed by atoms with Gasteiger partial charge in [-0.1, -0.05) is 30.4 Å². The molecule has 0 unspecified atom stereocenters. The standard InChI is InChI=1S/C12H12N2O2S3/c1-8-4-5-9(12(13)17)7-10(8)14-19(15,16)11-3-2-6-18-11/h2-7,14H,1H3,(H2,13,17). The summed E-state index contributed by atoms with van der Waals surface area (Å²) in [6.07, 6.45) is 0. The molecule has 1 aromatic carbocycles. The fraction of sp³-hybridized carbons (Fsp3) is 0.0833. The molecular formula is C12H12N2O2S3. The summed E-state index contributed by atoms with van der Waals surface area (Å²) >= 11 is 6.05. The van der Waals surface area contributed by atoms with Crippen molar-refractivity contribution in [3.8, 4) is 0 Å². The number of hydrogen-bond acceptors (Lipinski definition) is 4. The van der Waals surface area contributed by atoms with E-state index < -0.39 is 10.0 Å². The fourth-order valence-electron chi connectivity index (χ4n) is 1.50. The second-order valence-electron chi connectivity index (χ2n) is 3.93. The maximum absolute atomic E-state index is 12.1. The first kappa shape index (κ1) is 14.0. The van der Waals surface area contributed by atoms with Crippen molar-refractivity contribution in [3.05, 3.63) is 46.8 Å². The van der Waals surface area contributed by atoms with Crippen LogP contribution in [0.1, 0.15) is 11.1 Å². The topological polar surface area (TPSA) is 72.2 Å². The van der Waals surface area contributed by atoms with E-state index in [0.29, 0.717) is 11.3 Å². The Hall–Kier alpha value is -1.44. The van der Waals surface area contributed by atoms with Crippen LogP contribution in [0.4, 0.5) is 5.69 Å². The van der Waals surface area contributed by atoms with Crippen LogP contribution in [0, 0.1) is 6.92 Å². The molecule has 0 saturated carbocycles. The van der Waals surface area contributed by atoms with Crippen molar-refractivity contribution in [2.75, 3.05) is 4.72 Å². The van der Waals surface area contributed by atoms with Crippen molar-refractivity contribution in [2.45, 2.75) is 11.1 Å². The van der Waals surface area contributed by atoms with Crippen LogP contribution in [0.15, 0.2) is 39.9 Å². The highest BCUT2D eigenvalue weighted by Gasteiger charge is 2.16. The summed E-state index contributed by atoms with van der Waals surface area (Å²) in [4.78, 5) is 0.233. The second-order valence-corrected chi connectivity index (χ2v) is 7.23. The highest BCUT2D eigenvalue weighted by Crippen LogP contribution is 2.23. The molecule has 1 aromatic heterocycles. The molecule has 2 aromatic rings. The lowest BCUT2D eigenvalue weighted by atomic mass is 10.1. The molecule has 0 aliphatic heterocycles. The molecule has 0 spiro atoms. The number of aryl methyl sites for hydroxylation is 1. The van der Waals surface area contributed by atoms with Crippen molar-refractivity contribution in [1.29, 1.82) is 0 Å². The number of nitrogens with one attached hydrogen (secondary N) is 1. The van der Waals surface area contributed by atoms with Gasteiger partial charge in [0.25, 0.3) is 10.0 Å². The van der Waals surface area contributed by atoms with Gasteiger partial charge >= 0.3 is 0 Å². The van der Waals surface area contributed by atoms with E-state index in [0.717, 1.165) is 16.9 Å². The predicted octanol–water partition coefficient (Wildman–Crippen LogP) is 2.49. The number of rotatable bonds is 4. The van der Waals surface area contributed by atoms with Crippen LogP contribution in [-0.2, 0) is 10.0 Å². The number of sulfonamides is 1. The highest BCUT2D eigenvalue weighted by molar-refractivity contribution is 7.94. The molecule has 19 heavy (non-hydrogen) atoms. The summed E-state index contributed by atoms with van der Waals surface area (Å²) in [5.74, 6) is 0. The van der Waals surface area contributed by atoms with Gasteiger partial charge in [-0.05, 0) is 30.0 Å². The van der Waals surface area contributed by atoms with E-state index in [1.807, 2.05) is 6.92 Å². The van der Waals surface area contributed by atoms with Gasteiger partial charge in [-0.25, -0.2) is 8.42 Å². The Bertz CT molecular complexity index is 707. The Balaban J connectivity index is 2.39. The van der Waals surface area contributed by atoms with Gasteiger partial charge in [-0.3, -0.25) is 4.72 Å². The van der Waals surface area contributed by atoms with E-state index in [1.54, 1.807) is 35.7 Å². The minimum atomic E-state index is -3.55. The average molecular weight is 312 g/mol. The fourth-order valence-corrected chi connectivity index (χ4v) is 3.74. The van der Waals surface area contributed by atoms with E-state index in [1.165, 1.54) is 0 Å². The lowest BCUT2D eigenvalue weighted by Crippen LogP contribution is -2.14. The molecule has 0 amide bonds. The number of thiocarbonyl (C=S) groups is 1. The SMILES string of the molecule is Cc1ccc(C(N)=S)cc1NS(=O)(=O)c1cccs1. The van der Waals surface area contributed by atoms with Crippen LogP contribution < -0.4 is 10.5 Å². The quantitative estimate of drug-likeness (QED) is 0.851. The molecule has 7 heteroatoms. The molecule has 0 fully saturated rings. The van der Waals surface area contributed by atoms with E-state index in [-0.39, 0.29) is 9.20 Å². The lowest BCUT2D eigenvalue weighted by molar-refractivity contribution is 0.603. The Labute approximate surface area is 121 Å². The molecule has 0 atom stereocenters. The molecular weight excluding hydrogens is 300 g/mol. The summed E-state index contributed by atoms with van der Waals surface area (Å²) in [6.45, 7) is 1.82. The maximum atomic E-state index is 12.1. The molecule has 0 aliphatic carbocycles. The van der Waals surface area contributed by atoms with Gasteiger partial charge in [0.15, 0.2) is 0 Å². The Morgan fingerprint density at radius 1 is 1.37 bits per heavy atom. The van der Waals surface area contributed by atoms with Gasteiger partial charge in [0, 0.05) is 5.56 Å². The highest BCUT2D eigenvalue weighted by atomic mass is 32.2. The first-order chi connectivity index (χ1) is 8.90. The minimum Gasteiger partial charge on any atom is -0.389 e. The van der Waals surface area contributed by atoms with Gasteiger partial charge in [0.1, 0.15) is 9.20 Å². The summed E-state index contributed by atoms with van der Waals surface area (Å²) in [5.41, 5.74) is 7.47. The molecule has 0 saturated heterocycles. The molecule has 0 bridgehead atoms. The molecule has 0 aliphatic rings. The van der Waals surface area contributed by atoms with E-state index in [2.05, 4.69) is 4.72 Å². The second kappa shape index (κ2) is 5.28. The van der Waals surface area contributed by atoms with Crippen molar-refractivity contribution < 1.29 is 8.42 Å². The molecule has 2 rings (SSSR count). The zero-order chi connectivity index (χ0) is 14.0. The van der Waals surface area contributed by atoms with Gasteiger partial charge < -0.3 is 5.73 Å². The molecule has 100 valence electrons. The number of anilines is 1. The number of hydrogen-bond donors (Lipinski definition) is 2. The summed E-state index contributed by atoms with van der Waals surface area (Å²) in [7, 11) is -3.55. The van der Waals surface area contributed by atoms with Crippen molar-refractivity contribution in [2.24, 2.45) is 5.73 Å². The third-order valence-corrected chi connectivity index (χ3v) is 5.53. The van der Waals surface area contributed by atoms with Gasteiger partial charge in [-0.2, -0.15) is 0 Å². The zero-order valence-corrected chi connectivity index (χ0v) is 12.5. The summed E-state index contributed by atoms with van der Waals surface area (Å²) in [6, 6.07) is 8.43. The lowest BCUT2D eigenvalue weighted by Gasteiger charge is -2.10. The zero-order valence-electron chi connectivity index (χ0n) is 10.1. The molecule has 0 radical (unpaired) electrons. The van der Waals surface area contributed by atoms with Gasteiger partial charge in [0.2, 0.25) is 0 Å². The Morgan fingerprint density at radius 3 is 2.68 bits per heavy atom. The Kier molecular flexibility index (Phi) is 3.88. The smallest absolute Gasteiger partial charge is 0.271 e. The number of thiophene rings is 1. The van der Waals surface area contributed by atoms with Crippen LogP contribution in [-0.4, -0.2) is 13.4 Å². The number of nitrogens with two attached hydrogens (primary N) is 1. The van der Waals surface area contributed by atoms with Gasteiger partial charge in [0.05, 0.1) is 5.69 Å². The average Bonchev–Trinajstić information content (AvgIpc) is 2.85. The van der Waals surface area contributed by atoms with Crippen molar-refractivity contribution in [3.63, 3.8) is 0 Å². The van der Waals surface area contributed by atoms with E-state index >= 15 is 0 Å². The van der Waals surface area contributed by atoms with Crippen LogP contribution >= 0.6 is 23.6 Å². The van der Waals surface area contributed by atoms with Gasteiger partial charge in [-0.15, -0.1) is 11.3 Å². The largest absolute Gasteiger partial charge is 0.389 e. The van der Waals surface area contributed by atoms with Crippen LogP contribution in [0.3, 0.4) is 0 Å². The molecule has 3 N–H and O–H groups in total. The predicted molar refractivity (Wildman–Crippen MR) is 82.2 cm³/mol. The first-order valence-corrected chi connectivity index (χ1v) is 8.14. The normalized spacial score (nSPS) is 11.2. The van der Waals surface area contributed by atoms with Crippen LogP contribution in [0.5, 0.6) is 0 Å². The first-order valence-electron chi connectivity index (χ1n) is 5.37. The van der Waals surface area contributed by atoms with Crippen LogP contribution in [0.25, 0.3) is 0 Å². The number of benzene rings is 1. The van der Waals surface area contributed by atoms with Crippen molar-refractivity contribution in [1.82, 2.24) is 0 Å². The monoisotopic (exact) mass is 312 g/mol. The molecule has 4 nitrogen and oxygen atoms in total. The third kappa shape index (κ3) is 3.12. The maximum Gasteiger partial charge on any atom is 0.271 e. The minimum absolute atomic E-state index is 0.233. The summed E-state index contributed by atoms with van der Waals surface area (Å²) < 4.78 is 27.1. The van der Waals surface area contributed by atoms with E-state index in [4.69, 9.17) is 18.0 Å². The van der Waals surface area contributed by atoms with Crippen molar-refractivity contribution >= 4 is 44.3 Å².